The first-order valence-electron chi connectivity index (χ1n) is 8.41. The number of para-hydroxylation sites is 2. The Morgan fingerprint density at radius 2 is 1.66 bits per heavy atom. The van der Waals surface area contributed by atoms with E-state index >= 15 is 0 Å². The quantitative estimate of drug-likeness (QED) is 0.470. The van der Waals surface area contributed by atoms with E-state index in [1.165, 1.54) is 30.5 Å². The Hall–Kier alpha value is -3.79. The summed E-state index contributed by atoms with van der Waals surface area (Å²) < 4.78 is 27.4. The molecule has 0 saturated heterocycles. The molecule has 0 spiro atoms. The van der Waals surface area contributed by atoms with Gasteiger partial charge in [0, 0.05) is 12.3 Å². The van der Waals surface area contributed by atoms with Crippen molar-refractivity contribution < 1.29 is 18.1 Å². The van der Waals surface area contributed by atoms with Gasteiger partial charge < -0.3 is 5.32 Å². The summed E-state index contributed by atoms with van der Waals surface area (Å²) in [6.45, 7) is -0.588. The van der Waals surface area contributed by atoms with Crippen LogP contribution in [0.2, 0.25) is 0 Å². The smallest absolute Gasteiger partial charge is 0.289 e. The number of nitro groups is 1. The van der Waals surface area contributed by atoms with E-state index in [4.69, 9.17) is 0 Å². The van der Waals surface area contributed by atoms with Crippen LogP contribution >= 0.6 is 0 Å². The van der Waals surface area contributed by atoms with Gasteiger partial charge >= 0.3 is 0 Å². The maximum absolute atomic E-state index is 13.3. The highest BCUT2D eigenvalue weighted by Crippen LogP contribution is 2.29. The number of carbonyl (C=O) groups is 1. The average Bonchev–Trinajstić information content (AvgIpc) is 2.73. The van der Waals surface area contributed by atoms with Gasteiger partial charge in [0.2, 0.25) is 5.91 Å². The molecule has 9 nitrogen and oxygen atoms in total. The van der Waals surface area contributed by atoms with Crippen molar-refractivity contribution in [1.82, 2.24) is 4.98 Å². The molecule has 0 aliphatic rings. The molecule has 1 amide bonds. The Morgan fingerprint density at radius 3 is 2.31 bits per heavy atom. The molecule has 1 aromatic heterocycles. The second-order valence-electron chi connectivity index (χ2n) is 5.84. The number of pyridine rings is 1. The van der Waals surface area contributed by atoms with E-state index in [1.807, 2.05) is 0 Å². The zero-order chi connectivity index (χ0) is 20.9. The lowest BCUT2D eigenvalue weighted by Crippen LogP contribution is -2.38. The third-order valence-corrected chi connectivity index (χ3v) is 5.71. The van der Waals surface area contributed by atoms with Gasteiger partial charge in [0.05, 0.1) is 10.6 Å². The molecule has 2 aromatic carbocycles. The van der Waals surface area contributed by atoms with Crippen LogP contribution < -0.4 is 9.62 Å². The minimum Gasteiger partial charge on any atom is -0.309 e. The Bertz CT molecular complexity index is 1120. The van der Waals surface area contributed by atoms with Crippen LogP contribution in [-0.2, 0) is 14.8 Å². The third kappa shape index (κ3) is 4.55. The summed E-state index contributed by atoms with van der Waals surface area (Å²) in [5, 5.41) is 13.8. The SMILES string of the molecule is O=C(CN(c1ccccc1)S(=O)(=O)c1ccccc1[N+](=O)[O-])Nc1ccccn1. The van der Waals surface area contributed by atoms with E-state index in [2.05, 4.69) is 10.3 Å². The standard InChI is InChI=1S/C19H16N4O5S/c24-19(21-18-12-6-7-13-20-18)14-22(15-8-2-1-3-9-15)29(27,28)17-11-5-4-10-16(17)23(25)26/h1-13H,14H2,(H,20,21,24). The number of amides is 1. The maximum atomic E-state index is 13.3. The van der Waals surface area contributed by atoms with Crippen molar-refractivity contribution in [2.75, 3.05) is 16.2 Å². The number of anilines is 2. The fourth-order valence-corrected chi connectivity index (χ4v) is 4.18. The van der Waals surface area contributed by atoms with E-state index < -0.39 is 38.0 Å². The summed E-state index contributed by atoms with van der Waals surface area (Å²) in [5.74, 6) is -0.386. The fraction of sp³-hybridized carbons (Fsp3) is 0.0526. The van der Waals surface area contributed by atoms with Gasteiger partial charge in [-0.25, -0.2) is 13.4 Å². The predicted octanol–water partition coefficient (Wildman–Crippen LogP) is 2.82. The van der Waals surface area contributed by atoms with Gasteiger partial charge in [-0.2, -0.15) is 0 Å². The normalized spacial score (nSPS) is 10.9. The molecule has 0 aliphatic carbocycles. The monoisotopic (exact) mass is 412 g/mol. The van der Waals surface area contributed by atoms with Crippen molar-refractivity contribution in [3.63, 3.8) is 0 Å². The Kier molecular flexibility index (Phi) is 5.84. The summed E-state index contributed by atoms with van der Waals surface area (Å²) in [7, 11) is -4.41. The van der Waals surface area contributed by atoms with E-state index in [-0.39, 0.29) is 11.5 Å². The highest BCUT2D eigenvalue weighted by atomic mass is 32.2. The summed E-state index contributed by atoms with van der Waals surface area (Å²) in [6.07, 6.45) is 1.48. The van der Waals surface area contributed by atoms with Crippen LogP contribution in [-0.4, -0.2) is 30.8 Å². The second kappa shape index (κ2) is 8.48. The zero-order valence-electron chi connectivity index (χ0n) is 15.0. The average molecular weight is 412 g/mol. The largest absolute Gasteiger partial charge is 0.309 e. The summed E-state index contributed by atoms with van der Waals surface area (Å²) in [5.41, 5.74) is -0.375. The van der Waals surface area contributed by atoms with Gasteiger partial charge in [0.1, 0.15) is 12.4 Å². The molecule has 0 atom stereocenters. The van der Waals surface area contributed by atoms with E-state index in [0.717, 1.165) is 16.4 Å². The molecule has 148 valence electrons. The van der Waals surface area contributed by atoms with E-state index in [9.17, 15) is 23.3 Å². The van der Waals surface area contributed by atoms with Crippen LogP contribution in [0, 0.1) is 10.1 Å². The molecule has 29 heavy (non-hydrogen) atoms. The van der Waals surface area contributed by atoms with Gasteiger partial charge in [-0.3, -0.25) is 19.2 Å². The van der Waals surface area contributed by atoms with Crippen LogP contribution in [0.5, 0.6) is 0 Å². The van der Waals surface area contributed by atoms with Crippen molar-refractivity contribution in [3.05, 3.63) is 89.1 Å². The minimum atomic E-state index is -4.41. The molecule has 0 fully saturated rings. The first-order valence-corrected chi connectivity index (χ1v) is 9.85. The van der Waals surface area contributed by atoms with Gasteiger partial charge in [0.25, 0.3) is 15.7 Å². The Balaban J connectivity index is 2.00. The Labute approximate surface area is 166 Å². The summed E-state index contributed by atoms with van der Waals surface area (Å²) in [4.78, 5) is 26.5. The zero-order valence-corrected chi connectivity index (χ0v) is 15.8. The second-order valence-corrected chi connectivity index (χ2v) is 7.67. The van der Waals surface area contributed by atoms with Crippen molar-refractivity contribution in [1.29, 1.82) is 0 Å². The lowest BCUT2D eigenvalue weighted by Gasteiger charge is -2.23. The van der Waals surface area contributed by atoms with Crippen molar-refractivity contribution in [3.8, 4) is 0 Å². The first kappa shape index (κ1) is 20.0. The number of nitrogens with one attached hydrogen (secondary N) is 1. The summed E-state index contributed by atoms with van der Waals surface area (Å²) in [6, 6.07) is 17.8. The van der Waals surface area contributed by atoms with Crippen LogP contribution in [0.15, 0.2) is 83.9 Å². The third-order valence-electron chi connectivity index (χ3n) is 3.89. The molecule has 1 N–H and O–H groups in total. The number of rotatable bonds is 7. The molecule has 0 aliphatic heterocycles. The topological polar surface area (TPSA) is 123 Å². The predicted molar refractivity (Wildman–Crippen MR) is 107 cm³/mol. The highest BCUT2D eigenvalue weighted by molar-refractivity contribution is 7.93. The molecular formula is C19H16N4O5S. The molecule has 10 heteroatoms. The Morgan fingerprint density at radius 1 is 1.00 bits per heavy atom. The molecule has 0 unspecified atom stereocenters. The van der Waals surface area contributed by atoms with Crippen molar-refractivity contribution in [2.24, 2.45) is 0 Å². The molecule has 0 saturated carbocycles. The number of hydrogen-bond donors (Lipinski definition) is 1. The van der Waals surface area contributed by atoms with Crippen molar-refractivity contribution >= 4 is 33.1 Å². The minimum absolute atomic E-state index is 0.196. The lowest BCUT2D eigenvalue weighted by atomic mass is 10.3. The molecule has 0 bridgehead atoms. The van der Waals surface area contributed by atoms with E-state index in [1.54, 1.807) is 36.4 Å². The lowest BCUT2D eigenvalue weighted by molar-refractivity contribution is -0.387. The number of nitro benzene ring substituents is 1. The molecule has 0 radical (unpaired) electrons. The van der Waals surface area contributed by atoms with Crippen LogP contribution in [0.3, 0.4) is 0 Å². The maximum Gasteiger partial charge on any atom is 0.289 e. The fourth-order valence-electron chi connectivity index (χ4n) is 2.60. The van der Waals surface area contributed by atoms with Crippen molar-refractivity contribution in [2.45, 2.75) is 4.90 Å². The number of sulfonamides is 1. The van der Waals surface area contributed by atoms with Gasteiger partial charge in [0.15, 0.2) is 4.90 Å². The molecule has 3 aromatic rings. The highest BCUT2D eigenvalue weighted by Gasteiger charge is 2.33. The van der Waals surface area contributed by atoms with Crippen LogP contribution in [0.4, 0.5) is 17.2 Å². The molecule has 1 heterocycles. The molecular weight excluding hydrogens is 396 g/mol. The number of carbonyl (C=O) groups excluding carboxylic acids is 1. The molecule has 3 rings (SSSR count). The number of nitrogens with zero attached hydrogens (tertiary/aromatic N) is 3. The van der Waals surface area contributed by atoms with Crippen LogP contribution in [0.25, 0.3) is 0 Å². The number of hydrogen-bond acceptors (Lipinski definition) is 6. The van der Waals surface area contributed by atoms with Gasteiger partial charge in [-0.05, 0) is 30.3 Å². The van der Waals surface area contributed by atoms with Crippen LogP contribution in [0.1, 0.15) is 0 Å². The number of benzene rings is 2. The van der Waals surface area contributed by atoms with Gasteiger partial charge in [-0.15, -0.1) is 0 Å². The summed E-state index contributed by atoms with van der Waals surface area (Å²) >= 11 is 0. The first-order chi connectivity index (χ1) is 13.9. The van der Waals surface area contributed by atoms with Gasteiger partial charge in [-0.1, -0.05) is 36.4 Å². The van der Waals surface area contributed by atoms with E-state index in [0.29, 0.717) is 0 Å². The number of aromatic nitrogens is 1.